The van der Waals surface area contributed by atoms with E-state index in [1.165, 1.54) is 58.2 Å². The predicted octanol–water partition coefficient (Wildman–Crippen LogP) is 4.31. The Morgan fingerprint density at radius 1 is 1.00 bits per heavy atom. The van der Waals surface area contributed by atoms with Crippen molar-refractivity contribution in [3.8, 4) is 40.0 Å². The van der Waals surface area contributed by atoms with Crippen molar-refractivity contribution >= 4 is 0 Å². The molecule has 13 heteroatoms. The van der Waals surface area contributed by atoms with Crippen LogP contribution in [0.15, 0.2) is 71.8 Å². The average Bonchev–Trinajstić information content (AvgIpc) is 3.35. The van der Waals surface area contributed by atoms with Crippen molar-refractivity contribution in [2.45, 2.75) is 12.7 Å². The van der Waals surface area contributed by atoms with E-state index in [2.05, 4.69) is 24.4 Å². The lowest BCUT2D eigenvalue weighted by atomic mass is 10.2. The number of fused-ring (bicyclic) bond motifs is 1. The zero-order chi connectivity index (χ0) is 24.1. The lowest BCUT2D eigenvalue weighted by molar-refractivity contribution is -0.286. The first-order valence-electron chi connectivity index (χ1n) is 9.49. The van der Waals surface area contributed by atoms with Crippen LogP contribution in [0.25, 0.3) is 22.8 Å². The highest BCUT2D eigenvalue weighted by molar-refractivity contribution is 5.63. The number of rotatable bonds is 4. The summed E-state index contributed by atoms with van der Waals surface area (Å²) in [5.41, 5.74) is -0.339. The minimum Gasteiger partial charge on any atom is -0.406 e. The molecule has 3 heterocycles. The summed E-state index contributed by atoms with van der Waals surface area (Å²) in [6.45, 7) is 0. The molecule has 0 radical (unpaired) electrons. The van der Waals surface area contributed by atoms with Crippen molar-refractivity contribution < 1.29 is 36.2 Å². The van der Waals surface area contributed by atoms with E-state index in [9.17, 15) is 26.7 Å². The average molecular weight is 478 g/mol. The van der Waals surface area contributed by atoms with E-state index in [0.717, 1.165) is 18.2 Å². The van der Waals surface area contributed by atoms with Gasteiger partial charge in [-0.1, -0.05) is 12.1 Å². The molecule has 5 rings (SSSR count). The number of hydrogen-bond donors (Lipinski definition) is 0. The first kappa shape index (κ1) is 21.4. The normalized spacial score (nSPS) is 14.3. The maximum Gasteiger partial charge on any atom is 0.586 e. The molecule has 0 unspecified atom stereocenters. The van der Waals surface area contributed by atoms with Crippen LogP contribution in [0.3, 0.4) is 0 Å². The Kier molecular flexibility index (Phi) is 4.77. The largest absolute Gasteiger partial charge is 0.586 e. The van der Waals surface area contributed by atoms with Gasteiger partial charge in [-0.15, -0.1) is 22.0 Å². The lowest BCUT2D eigenvalue weighted by Gasteiger charge is -2.13. The minimum absolute atomic E-state index is 0.0619. The zero-order valence-corrected chi connectivity index (χ0v) is 16.7. The van der Waals surface area contributed by atoms with Crippen LogP contribution in [-0.4, -0.2) is 32.2 Å². The van der Waals surface area contributed by atoms with Gasteiger partial charge in [0.1, 0.15) is 11.4 Å². The van der Waals surface area contributed by atoms with Gasteiger partial charge < -0.3 is 14.2 Å². The molecule has 174 valence electrons. The van der Waals surface area contributed by atoms with Gasteiger partial charge in [0.05, 0.1) is 17.6 Å². The monoisotopic (exact) mass is 478 g/mol. The topological polar surface area (TPSA) is 80.4 Å². The molecule has 0 amide bonds. The maximum absolute atomic E-state index is 13.6. The molecule has 2 aromatic heterocycles. The third kappa shape index (κ3) is 4.02. The molecule has 0 aliphatic carbocycles. The molecule has 1 aliphatic rings. The van der Waals surface area contributed by atoms with Gasteiger partial charge >= 0.3 is 12.7 Å². The summed E-state index contributed by atoms with van der Waals surface area (Å²) >= 11 is 0. The second-order valence-electron chi connectivity index (χ2n) is 6.92. The molecular weight excluding hydrogens is 467 g/mol. The number of hydrogen-bond acceptors (Lipinski definition) is 6. The summed E-state index contributed by atoms with van der Waals surface area (Å²) in [6.07, 6.45) is -6.17. The van der Waals surface area contributed by atoms with Crippen LogP contribution in [0.2, 0.25) is 0 Å². The molecule has 0 fully saturated rings. The van der Waals surface area contributed by atoms with Crippen LogP contribution in [0.5, 0.6) is 17.2 Å². The number of aromatic nitrogens is 4. The molecule has 34 heavy (non-hydrogen) atoms. The second kappa shape index (κ2) is 7.57. The van der Waals surface area contributed by atoms with E-state index in [4.69, 9.17) is 0 Å². The summed E-state index contributed by atoms with van der Waals surface area (Å²) in [5.74, 6) is -0.982. The van der Waals surface area contributed by atoms with Gasteiger partial charge in [0.15, 0.2) is 17.2 Å². The SMILES string of the molecule is O=c1ccn(-c2cccc(OC(F)(F)F)c2)nc1-c1ccnn1-c1cccc2c1OC(F)(F)O2. The van der Waals surface area contributed by atoms with E-state index in [0.29, 0.717) is 0 Å². The Hall–Kier alpha value is -4.42. The number of para-hydroxylation sites is 1. The standard InChI is InChI=1S/C21H11F5N4O4/c22-20(23,24)32-13-4-1-3-12(11-13)29-10-8-16(31)18(28-29)14-7-9-27-30(14)15-5-2-6-17-19(15)34-21(25,26)33-17/h1-11H. The summed E-state index contributed by atoms with van der Waals surface area (Å²) < 4.78 is 80.2. The lowest BCUT2D eigenvalue weighted by Crippen LogP contribution is -2.26. The van der Waals surface area contributed by atoms with Crippen molar-refractivity contribution in [1.82, 2.24) is 19.6 Å². The van der Waals surface area contributed by atoms with E-state index >= 15 is 0 Å². The van der Waals surface area contributed by atoms with Crippen molar-refractivity contribution in [3.63, 3.8) is 0 Å². The Balaban J connectivity index is 1.58. The van der Waals surface area contributed by atoms with Crippen LogP contribution in [0.1, 0.15) is 0 Å². The van der Waals surface area contributed by atoms with Gasteiger partial charge in [0, 0.05) is 18.3 Å². The van der Waals surface area contributed by atoms with Gasteiger partial charge in [-0.25, -0.2) is 9.36 Å². The third-order valence-corrected chi connectivity index (χ3v) is 4.65. The van der Waals surface area contributed by atoms with Crippen molar-refractivity contribution in [3.05, 3.63) is 77.2 Å². The number of ether oxygens (including phenoxy) is 3. The quantitative estimate of drug-likeness (QED) is 0.407. The van der Waals surface area contributed by atoms with Crippen molar-refractivity contribution in [2.24, 2.45) is 0 Å². The van der Waals surface area contributed by atoms with Gasteiger partial charge in [-0.2, -0.15) is 10.2 Å². The molecule has 8 nitrogen and oxygen atoms in total. The fourth-order valence-corrected chi connectivity index (χ4v) is 3.35. The highest BCUT2D eigenvalue weighted by Gasteiger charge is 2.45. The predicted molar refractivity (Wildman–Crippen MR) is 105 cm³/mol. The molecular formula is C21H11F5N4O4. The number of benzene rings is 2. The fourth-order valence-electron chi connectivity index (χ4n) is 3.35. The van der Waals surface area contributed by atoms with Crippen LogP contribution in [0.4, 0.5) is 22.0 Å². The van der Waals surface area contributed by atoms with Crippen molar-refractivity contribution in [2.75, 3.05) is 0 Å². The summed E-state index contributed by atoms with van der Waals surface area (Å²) in [4.78, 5) is 12.6. The molecule has 0 N–H and O–H groups in total. The third-order valence-electron chi connectivity index (χ3n) is 4.65. The molecule has 0 bridgehead atoms. The van der Waals surface area contributed by atoms with Crippen LogP contribution in [0, 0.1) is 0 Å². The Morgan fingerprint density at radius 3 is 2.59 bits per heavy atom. The molecule has 0 spiro atoms. The molecule has 2 aromatic carbocycles. The van der Waals surface area contributed by atoms with Crippen LogP contribution < -0.4 is 19.6 Å². The van der Waals surface area contributed by atoms with Gasteiger partial charge in [-0.05, 0) is 30.3 Å². The number of halogens is 5. The van der Waals surface area contributed by atoms with E-state index in [1.54, 1.807) is 0 Å². The van der Waals surface area contributed by atoms with Crippen molar-refractivity contribution in [1.29, 1.82) is 0 Å². The second-order valence-corrected chi connectivity index (χ2v) is 6.92. The first-order chi connectivity index (χ1) is 16.1. The number of alkyl halides is 5. The molecule has 4 aromatic rings. The molecule has 1 aliphatic heterocycles. The zero-order valence-electron chi connectivity index (χ0n) is 16.7. The van der Waals surface area contributed by atoms with Gasteiger partial charge in [0.25, 0.3) is 0 Å². The molecule has 0 atom stereocenters. The van der Waals surface area contributed by atoms with E-state index in [-0.39, 0.29) is 34.3 Å². The highest BCUT2D eigenvalue weighted by Crippen LogP contribution is 2.45. The highest BCUT2D eigenvalue weighted by atomic mass is 19.4. The van der Waals surface area contributed by atoms with E-state index < -0.39 is 23.8 Å². The van der Waals surface area contributed by atoms with E-state index in [1.807, 2.05) is 0 Å². The summed E-state index contributed by atoms with van der Waals surface area (Å²) in [6, 6.07) is 11.7. The van der Waals surface area contributed by atoms with Crippen LogP contribution in [-0.2, 0) is 0 Å². The Morgan fingerprint density at radius 2 is 1.79 bits per heavy atom. The maximum atomic E-state index is 13.6. The first-order valence-corrected chi connectivity index (χ1v) is 9.49. The summed E-state index contributed by atoms with van der Waals surface area (Å²) in [5, 5.41) is 8.31. The van der Waals surface area contributed by atoms with Crippen LogP contribution >= 0.6 is 0 Å². The van der Waals surface area contributed by atoms with Gasteiger partial charge in [-0.3, -0.25) is 4.79 Å². The van der Waals surface area contributed by atoms with Gasteiger partial charge in [0.2, 0.25) is 5.43 Å². The fraction of sp³-hybridized carbons (Fsp3) is 0.0952. The summed E-state index contributed by atoms with van der Waals surface area (Å²) in [7, 11) is 0. The molecule has 0 saturated carbocycles. The molecule has 0 saturated heterocycles. The Labute approximate surface area is 186 Å². The Bertz CT molecular complexity index is 1450. The minimum atomic E-state index is -4.88. The number of nitrogens with zero attached hydrogens (tertiary/aromatic N) is 4. The smallest absolute Gasteiger partial charge is 0.406 e.